The highest BCUT2D eigenvalue weighted by Gasteiger charge is 2.48. The third kappa shape index (κ3) is 32.2. The number of hydrogen-bond acceptors (Lipinski definition) is 10. The lowest BCUT2D eigenvalue weighted by molar-refractivity contribution is -0.298. The van der Waals surface area contributed by atoms with Crippen LogP contribution in [-0.2, 0) is 28.9 Å². The number of unbranched alkanes of at least 4 members (excludes halogenated alkanes) is 31. The second kappa shape index (κ2) is 39.2. The lowest BCUT2D eigenvalue weighted by atomic mass is 9.99. The molecule has 61 heavy (non-hydrogen) atoms. The first-order valence-corrected chi connectivity index (χ1v) is 26.4. The van der Waals surface area contributed by atoms with Gasteiger partial charge in [0.15, 0.2) is 6.29 Å². The summed E-state index contributed by atoms with van der Waals surface area (Å²) in [6.45, 7) is 3.40. The fourth-order valence-corrected chi connectivity index (χ4v) is 8.67. The third-order valence-corrected chi connectivity index (χ3v) is 12.5. The summed E-state index contributed by atoms with van der Waals surface area (Å²) in [5.41, 5.74) is 0. The summed E-state index contributed by atoms with van der Waals surface area (Å²) in [6, 6.07) is -0.938. The van der Waals surface area contributed by atoms with E-state index in [1.165, 1.54) is 167 Å². The molecule has 0 aliphatic carbocycles. The fraction of sp³-hybridized carbons (Fsp3) is 0.938. The molecule has 7 atom stereocenters. The first-order chi connectivity index (χ1) is 29.5. The fourth-order valence-electron chi connectivity index (χ4n) is 8.16. The molecule has 1 fully saturated rings. The molecule has 1 aliphatic heterocycles. The predicted octanol–water partition coefficient (Wildman–Crippen LogP) is 10.3. The van der Waals surface area contributed by atoms with Gasteiger partial charge in [-0.25, -0.2) is 4.18 Å². The van der Waals surface area contributed by atoms with Crippen LogP contribution >= 0.6 is 0 Å². The van der Waals surface area contributed by atoms with Crippen molar-refractivity contribution in [1.82, 2.24) is 5.32 Å². The molecule has 0 unspecified atom stereocenters. The molecule has 1 rings (SSSR count). The molecule has 0 aromatic heterocycles. The third-order valence-electron chi connectivity index (χ3n) is 12.1. The van der Waals surface area contributed by atoms with Crippen LogP contribution in [0, 0.1) is 0 Å². The number of carbonyl (C=O) groups excluding carboxylic acids is 1. The van der Waals surface area contributed by atoms with Gasteiger partial charge in [-0.1, -0.05) is 219 Å². The van der Waals surface area contributed by atoms with Crippen LogP contribution in [0.1, 0.15) is 232 Å². The zero-order chi connectivity index (χ0) is 44.8. The van der Waals surface area contributed by atoms with Crippen molar-refractivity contribution < 1.29 is 51.8 Å². The van der Waals surface area contributed by atoms with Crippen LogP contribution in [0.5, 0.6) is 0 Å². The quantitative estimate of drug-likeness (QED) is 0.0194. The number of aliphatic hydroxyl groups excluding tert-OH is 4. The van der Waals surface area contributed by atoms with Crippen LogP contribution in [0.4, 0.5) is 0 Å². The summed E-state index contributed by atoms with van der Waals surface area (Å²) in [5.74, 6) is -0.259. The van der Waals surface area contributed by atoms with E-state index in [1.54, 1.807) is 6.08 Å². The molecule has 0 saturated carbocycles. The summed E-state index contributed by atoms with van der Waals surface area (Å²) < 4.78 is 47.6. The predicted molar refractivity (Wildman–Crippen MR) is 246 cm³/mol. The van der Waals surface area contributed by atoms with Gasteiger partial charge in [0, 0.05) is 6.42 Å². The zero-order valence-electron chi connectivity index (χ0n) is 38.7. The zero-order valence-corrected chi connectivity index (χ0v) is 39.6. The molecule has 13 heteroatoms. The molecule has 362 valence electrons. The number of hydrogen-bond donors (Lipinski definition) is 6. The van der Waals surface area contributed by atoms with Crippen molar-refractivity contribution in [3.8, 4) is 0 Å². The highest BCUT2D eigenvalue weighted by atomic mass is 32.3. The number of carbonyl (C=O) groups is 1. The minimum absolute atomic E-state index is 0.259. The average Bonchev–Trinajstić information content (AvgIpc) is 3.23. The lowest BCUT2D eigenvalue weighted by Crippen LogP contribution is -2.61. The van der Waals surface area contributed by atoms with Crippen molar-refractivity contribution in [1.29, 1.82) is 0 Å². The molecule has 0 radical (unpaired) electrons. The molecule has 6 N–H and O–H groups in total. The Morgan fingerprint density at radius 1 is 0.639 bits per heavy atom. The minimum Gasteiger partial charge on any atom is -0.394 e. The molecular formula is C48H93NO11S. The number of allylic oxidation sites excluding steroid dienone is 1. The molecule has 0 bridgehead atoms. The Kier molecular flexibility index (Phi) is 37.2. The first-order valence-electron chi connectivity index (χ1n) is 25.1. The van der Waals surface area contributed by atoms with Gasteiger partial charge in [0.1, 0.15) is 24.4 Å². The van der Waals surface area contributed by atoms with Gasteiger partial charge >= 0.3 is 10.4 Å². The smallest absolute Gasteiger partial charge is 0.394 e. The topological polar surface area (TPSA) is 192 Å². The molecule has 0 aromatic carbocycles. The number of rotatable bonds is 43. The highest BCUT2D eigenvalue weighted by molar-refractivity contribution is 7.80. The average molecular weight is 892 g/mol. The van der Waals surface area contributed by atoms with E-state index in [2.05, 4.69) is 23.3 Å². The molecule has 12 nitrogen and oxygen atoms in total. The Bertz CT molecular complexity index is 1140. The Morgan fingerprint density at radius 3 is 1.43 bits per heavy atom. The van der Waals surface area contributed by atoms with Gasteiger partial charge in [0.05, 0.1) is 25.4 Å². The van der Waals surface area contributed by atoms with Gasteiger partial charge in [-0.05, 0) is 19.3 Å². The standard InChI is InChI=1S/C48H93NO11S/c1-3-5-7-9-11-13-15-17-18-19-20-21-22-23-24-26-28-30-32-34-36-38-44(52)49-41(42(51)37-35-33-31-29-27-25-16-14-12-10-8-6-4-2)40-58-48-46(54)47(60-61(55,56)57)45(53)43(39-50)59-48/h35,37,41-43,45-48,50-51,53-54H,3-34,36,38-40H2,1-2H3,(H,49,52)(H,55,56,57)/t41-,42+,43+,45-,46+,47-,48+/m0/s1. The molecule has 1 heterocycles. The van der Waals surface area contributed by atoms with Gasteiger partial charge in [0.2, 0.25) is 5.91 Å². The number of ether oxygens (including phenoxy) is 2. The Labute approximate surface area is 372 Å². The monoisotopic (exact) mass is 892 g/mol. The number of aliphatic hydroxyl groups is 4. The second-order valence-corrected chi connectivity index (χ2v) is 18.8. The summed E-state index contributed by atoms with van der Waals surface area (Å²) in [6.07, 6.45) is 35.4. The molecule has 0 spiro atoms. The number of nitrogens with one attached hydrogen (secondary N) is 1. The van der Waals surface area contributed by atoms with Gasteiger partial charge in [-0.3, -0.25) is 9.35 Å². The summed E-state index contributed by atoms with van der Waals surface area (Å²) >= 11 is 0. The lowest BCUT2D eigenvalue weighted by Gasteiger charge is -2.41. The van der Waals surface area contributed by atoms with Crippen molar-refractivity contribution in [2.24, 2.45) is 0 Å². The summed E-state index contributed by atoms with van der Waals surface area (Å²) in [7, 11) is -5.08. The van der Waals surface area contributed by atoms with E-state index in [-0.39, 0.29) is 18.9 Å². The van der Waals surface area contributed by atoms with Crippen LogP contribution in [0.2, 0.25) is 0 Å². The van der Waals surface area contributed by atoms with Gasteiger partial charge in [-0.2, -0.15) is 8.42 Å². The van der Waals surface area contributed by atoms with E-state index in [1.807, 2.05) is 6.08 Å². The van der Waals surface area contributed by atoms with Gasteiger partial charge in [-0.15, -0.1) is 0 Å². The van der Waals surface area contributed by atoms with E-state index in [4.69, 9.17) is 9.47 Å². The SMILES string of the molecule is CCCCCCCCCCCCCC=C[C@@H](O)[C@H](CO[C@@H]1O[C@H](CO)[C@H](O)[C@H](OS(=O)(=O)O)[C@H]1O)NC(=O)CCCCCCCCCCCCCCCCCCCCCCC. The second-order valence-electron chi connectivity index (χ2n) is 17.8. The molecule has 1 saturated heterocycles. The van der Waals surface area contributed by atoms with Crippen LogP contribution in [0.25, 0.3) is 0 Å². The summed E-state index contributed by atoms with van der Waals surface area (Å²) in [4.78, 5) is 13.1. The van der Waals surface area contributed by atoms with Crippen LogP contribution in [0.15, 0.2) is 12.2 Å². The molecule has 0 aromatic rings. The first kappa shape index (κ1) is 57.9. The van der Waals surface area contributed by atoms with Crippen LogP contribution in [0.3, 0.4) is 0 Å². The van der Waals surface area contributed by atoms with E-state index in [0.29, 0.717) is 6.42 Å². The Morgan fingerprint density at radius 2 is 1.03 bits per heavy atom. The molecule has 1 aliphatic rings. The van der Waals surface area contributed by atoms with E-state index in [0.717, 1.165) is 38.5 Å². The molecule has 1 amide bonds. The van der Waals surface area contributed by atoms with Crippen molar-refractivity contribution in [2.45, 2.75) is 275 Å². The minimum atomic E-state index is -5.08. The maximum Gasteiger partial charge on any atom is 0.397 e. The normalized spacial score (nSPS) is 20.7. The van der Waals surface area contributed by atoms with E-state index >= 15 is 0 Å². The van der Waals surface area contributed by atoms with Crippen LogP contribution in [-0.4, -0.2) is 95.4 Å². The Hall–Kier alpha value is -1.16. The van der Waals surface area contributed by atoms with Crippen molar-refractivity contribution in [2.75, 3.05) is 13.2 Å². The molecular weight excluding hydrogens is 799 g/mol. The largest absolute Gasteiger partial charge is 0.397 e. The maximum absolute atomic E-state index is 13.1. The maximum atomic E-state index is 13.1. The Balaban J connectivity index is 2.42. The van der Waals surface area contributed by atoms with Crippen molar-refractivity contribution in [3.05, 3.63) is 12.2 Å². The van der Waals surface area contributed by atoms with Gasteiger partial charge < -0.3 is 35.2 Å². The van der Waals surface area contributed by atoms with Gasteiger partial charge in [0.25, 0.3) is 0 Å². The highest BCUT2D eigenvalue weighted by Crippen LogP contribution is 2.26. The van der Waals surface area contributed by atoms with Crippen molar-refractivity contribution >= 4 is 16.3 Å². The number of amides is 1. The van der Waals surface area contributed by atoms with Crippen LogP contribution < -0.4 is 5.32 Å². The van der Waals surface area contributed by atoms with E-state index < -0.39 is 59.9 Å². The summed E-state index contributed by atoms with van der Waals surface area (Å²) in [5, 5.41) is 44.7. The van der Waals surface area contributed by atoms with E-state index in [9.17, 15) is 38.2 Å². The van der Waals surface area contributed by atoms with Crippen molar-refractivity contribution in [3.63, 3.8) is 0 Å².